The fourth-order valence-electron chi connectivity index (χ4n) is 1.01. The molecule has 0 aromatic heterocycles. The SMILES string of the molecule is CCC(Br)(CC)C(=O)NC(N)=O.Cl.O=C(O)CCC(=O)O. The van der Waals surface area contributed by atoms with E-state index in [1.54, 1.807) is 0 Å². The summed E-state index contributed by atoms with van der Waals surface area (Å²) in [6, 6.07) is -0.814. The van der Waals surface area contributed by atoms with Crippen molar-refractivity contribution in [1.29, 1.82) is 0 Å². The van der Waals surface area contributed by atoms with Gasteiger partial charge in [-0.1, -0.05) is 29.8 Å². The normalized spacial score (nSPS) is 9.48. The van der Waals surface area contributed by atoms with E-state index in [0.717, 1.165) is 0 Å². The van der Waals surface area contributed by atoms with Gasteiger partial charge in [-0.05, 0) is 12.8 Å². The molecule has 0 radical (unpaired) electrons. The standard InChI is InChI=1S/C7H13BrN2O2.C4H6O4.ClH/c1-3-7(8,4-2)5(11)10-6(9)12;5-3(6)1-2-4(7)8;/h3-4H2,1-2H3,(H3,9,10,11,12);1-2H2,(H,5,6)(H,7,8);1H. The number of hydrogen-bond acceptors (Lipinski definition) is 4. The fraction of sp³-hybridized carbons (Fsp3) is 0.636. The Morgan fingerprint density at radius 2 is 1.38 bits per heavy atom. The highest BCUT2D eigenvalue weighted by Crippen LogP contribution is 2.26. The smallest absolute Gasteiger partial charge is 0.318 e. The van der Waals surface area contributed by atoms with E-state index in [0.29, 0.717) is 12.8 Å². The molecule has 0 bridgehead atoms. The van der Waals surface area contributed by atoms with Crippen LogP contribution in [-0.4, -0.2) is 38.4 Å². The van der Waals surface area contributed by atoms with Crippen molar-refractivity contribution >= 4 is 52.2 Å². The maximum absolute atomic E-state index is 11.3. The lowest BCUT2D eigenvalue weighted by atomic mass is 10.0. The van der Waals surface area contributed by atoms with Gasteiger partial charge in [-0.25, -0.2) is 4.79 Å². The van der Waals surface area contributed by atoms with Gasteiger partial charge in [0.05, 0.1) is 12.8 Å². The Labute approximate surface area is 137 Å². The molecule has 3 amide bonds. The number of alkyl halides is 1. The molecule has 0 saturated carbocycles. The van der Waals surface area contributed by atoms with Gasteiger partial charge in [-0.2, -0.15) is 0 Å². The minimum atomic E-state index is -1.08. The average molecular weight is 392 g/mol. The van der Waals surface area contributed by atoms with Crippen molar-refractivity contribution in [2.24, 2.45) is 5.73 Å². The first-order valence-electron chi connectivity index (χ1n) is 5.82. The molecule has 21 heavy (non-hydrogen) atoms. The fourth-order valence-corrected chi connectivity index (χ4v) is 1.11. The van der Waals surface area contributed by atoms with Gasteiger partial charge in [0.25, 0.3) is 0 Å². The van der Waals surface area contributed by atoms with E-state index in [-0.39, 0.29) is 31.2 Å². The summed E-state index contributed by atoms with van der Waals surface area (Å²) in [7, 11) is 0. The molecule has 8 nitrogen and oxygen atoms in total. The van der Waals surface area contributed by atoms with Gasteiger partial charge in [-0.3, -0.25) is 19.7 Å². The summed E-state index contributed by atoms with van der Waals surface area (Å²) in [5, 5.41) is 17.8. The molecule has 0 aromatic carbocycles. The van der Waals surface area contributed by atoms with Gasteiger partial charge in [0.2, 0.25) is 5.91 Å². The van der Waals surface area contributed by atoms with Crippen LogP contribution < -0.4 is 11.1 Å². The summed E-state index contributed by atoms with van der Waals surface area (Å²) in [6.45, 7) is 3.72. The molecule has 5 N–H and O–H groups in total. The molecular weight excluding hydrogens is 371 g/mol. The van der Waals surface area contributed by atoms with Crippen molar-refractivity contribution in [2.75, 3.05) is 0 Å². The number of carbonyl (C=O) groups is 4. The van der Waals surface area contributed by atoms with E-state index >= 15 is 0 Å². The van der Waals surface area contributed by atoms with E-state index in [4.69, 9.17) is 15.9 Å². The molecule has 0 aliphatic heterocycles. The lowest BCUT2D eigenvalue weighted by Gasteiger charge is -2.21. The van der Waals surface area contributed by atoms with Crippen LogP contribution in [0.25, 0.3) is 0 Å². The van der Waals surface area contributed by atoms with Crippen molar-refractivity contribution in [3.05, 3.63) is 0 Å². The highest BCUT2D eigenvalue weighted by Gasteiger charge is 2.32. The van der Waals surface area contributed by atoms with Crippen molar-refractivity contribution in [2.45, 2.75) is 43.9 Å². The number of carboxylic acids is 2. The zero-order chi connectivity index (χ0) is 16.3. The Bertz CT molecular complexity index is 360. The van der Waals surface area contributed by atoms with Gasteiger partial charge in [0.15, 0.2) is 0 Å². The number of halogens is 2. The van der Waals surface area contributed by atoms with Gasteiger partial charge in [0, 0.05) is 0 Å². The molecular formula is C11H20BrClN2O6. The van der Waals surface area contributed by atoms with Crippen LogP contribution in [0.5, 0.6) is 0 Å². The van der Waals surface area contributed by atoms with Gasteiger partial charge < -0.3 is 15.9 Å². The molecule has 0 fully saturated rings. The van der Waals surface area contributed by atoms with E-state index in [1.807, 2.05) is 19.2 Å². The van der Waals surface area contributed by atoms with Gasteiger partial charge in [0.1, 0.15) is 4.32 Å². The number of carbonyl (C=O) groups excluding carboxylic acids is 2. The number of nitrogens with one attached hydrogen (secondary N) is 1. The molecule has 0 aromatic rings. The number of aliphatic carboxylic acids is 2. The van der Waals surface area contributed by atoms with Crippen molar-refractivity contribution in [3.63, 3.8) is 0 Å². The van der Waals surface area contributed by atoms with Crippen LogP contribution in [0.4, 0.5) is 4.79 Å². The predicted molar refractivity (Wildman–Crippen MR) is 81.7 cm³/mol. The maximum Gasteiger partial charge on any atom is 0.318 e. The number of amides is 3. The number of primary amides is 1. The number of carboxylic acid groups (broad SMARTS) is 2. The topological polar surface area (TPSA) is 147 Å². The highest BCUT2D eigenvalue weighted by atomic mass is 79.9. The third-order valence-electron chi connectivity index (χ3n) is 2.32. The third kappa shape index (κ3) is 13.4. The Balaban J connectivity index is -0.000000317. The van der Waals surface area contributed by atoms with Gasteiger partial charge in [-0.15, -0.1) is 12.4 Å². The first kappa shape index (κ1) is 24.7. The van der Waals surface area contributed by atoms with Crippen LogP contribution in [0, 0.1) is 0 Å². The molecule has 0 unspecified atom stereocenters. The Hall–Kier alpha value is -1.35. The van der Waals surface area contributed by atoms with Crippen LogP contribution in [-0.2, 0) is 14.4 Å². The third-order valence-corrected chi connectivity index (χ3v) is 3.80. The van der Waals surface area contributed by atoms with Crippen molar-refractivity contribution in [3.8, 4) is 0 Å². The summed E-state index contributed by atoms with van der Waals surface area (Å²) < 4.78 is -0.665. The Morgan fingerprint density at radius 3 is 1.57 bits per heavy atom. The lowest BCUT2D eigenvalue weighted by Crippen LogP contribution is -2.46. The number of rotatable bonds is 6. The molecule has 0 spiro atoms. The van der Waals surface area contributed by atoms with E-state index in [1.165, 1.54) is 0 Å². The second kappa shape index (κ2) is 12.4. The van der Waals surface area contributed by atoms with Crippen LogP contribution in [0.1, 0.15) is 39.5 Å². The monoisotopic (exact) mass is 390 g/mol. The van der Waals surface area contributed by atoms with Crippen LogP contribution in [0.2, 0.25) is 0 Å². The number of urea groups is 1. The Kier molecular flexibility index (Phi) is 14.6. The molecule has 0 rings (SSSR count). The molecule has 10 heteroatoms. The second-order valence-electron chi connectivity index (χ2n) is 3.78. The molecule has 0 aliphatic carbocycles. The van der Waals surface area contributed by atoms with Crippen molar-refractivity contribution in [1.82, 2.24) is 5.32 Å². The minimum Gasteiger partial charge on any atom is -0.481 e. The zero-order valence-corrected chi connectivity index (χ0v) is 14.1. The molecule has 0 heterocycles. The lowest BCUT2D eigenvalue weighted by molar-refractivity contribution is -0.143. The van der Waals surface area contributed by atoms with E-state index < -0.39 is 22.3 Å². The number of nitrogens with two attached hydrogens (primary N) is 1. The van der Waals surface area contributed by atoms with E-state index in [9.17, 15) is 19.2 Å². The summed E-state index contributed by atoms with van der Waals surface area (Å²) in [5.74, 6) is -2.53. The summed E-state index contributed by atoms with van der Waals surface area (Å²) in [5.41, 5.74) is 4.81. The summed E-state index contributed by atoms with van der Waals surface area (Å²) in [4.78, 5) is 40.9. The van der Waals surface area contributed by atoms with E-state index in [2.05, 4.69) is 15.9 Å². The highest BCUT2D eigenvalue weighted by molar-refractivity contribution is 9.10. The Morgan fingerprint density at radius 1 is 1.05 bits per heavy atom. The van der Waals surface area contributed by atoms with Gasteiger partial charge >= 0.3 is 18.0 Å². The second-order valence-corrected chi connectivity index (χ2v) is 5.30. The summed E-state index contributed by atoms with van der Waals surface area (Å²) in [6.07, 6.45) is 0.635. The molecule has 0 atom stereocenters. The number of imide groups is 1. The quantitative estimate of drug-likeness (QED) is 0.504. The maximum atomic E-state index is 11.3. The zero-order valence-electron chi connectivity index (χ0n) is 11.7. The van der Waals surface area contributed by atoms with Crippen LogP contribution in [0.15, 0.2) is 0 Å². The first-order valence-corrected chi connectivity index (χ1v) is 6.61. The minimum absolute atomic E-state index is 0. The summed E-state index contributed by atoms with van der Waals surface area (Å²) >= 11 is 3.26. The predicted octanol–water partition coefficient (Wildman–Crippen LogP) is 1.49. The molecule has 124 valence electrons. The molecule has 0 aliphatic rings. The van der Waals surface area contributed by atoms with Crippen LogP contribution in [0.3, 0.4) is 0 Å². The molecule has 0 saturated heterocycles. The van der Waals surface area contributed by atoms with Crippen molar-refractivity contribution < 1.29 is 29.4 Å². The largest absolute Gasteiger partial charge is 0.481 e. The van der Waals surface area contributed by atoms with Crippen LogP contribution >= 0.6 is 28.3 Å². The average Bonchev–Trinajstić information content (AvgIpc) is 2.35. The first-order chi connectivity index (χ1) is 9.08. The number of hydrogen-bond donors (Lipinski definition) is 4.